The number of hydrogen-bond acceptors (Lipinski definition) is 4. The van der Waals surface area contributed by atoms with E-state index in [1.165, 1.54) is 23.8 Å². The largest absolute Gasteiger partial charge is 0.348 e. The number of carbonyl (C=O) groups excluding carboxylic acids is 1. The Balaban J connectivity index is 1.99. The second-order valence-corrected chi connectivity index (χ2v) is 6.07. The first-order valence-corrected chi connectivity index (χ1v) is 7.69. The molecule has 0 spiro atoms. The molecule has 7 heteroatoms. The Morgan fingerprint density at radius 1 is 1.17 bits per heavy atom. The molecular formula is C17H18ClN3O3. The monoisotopic (exact) mass is 347 g/mol. The Hall–Kier alpha value is -2.44. The fraction of sp³-hybridized carbons (Fsp3) is 0.235. The summed E-state index contributed by atoms with van der Waals surface area (Å²) >= 11 is 5.95. The first kappa shape index (κ1) is 17.9. The van der Waals surface area contributed by atoms with Crippen LogP contribution < -0.4 is 5.32 Å². The highest BCUT2D eigenvalue weighted by Gasteiger charge is 2.14. The van der Waals surface area contributed by atoms with Crippen LogP contribution in [0.1, 0.15) is 21.5 Å². The Morgan fingerprint density at radius 3 is 2.33 bits per heavy atom. The molecular weight excluding hydrogens is 330 g/mol. The van der Waals surface area contributed by atoms with Crippen molar-refractivity contribution in [3.8, 4) is 0 Å². The second-order valence-electron chi connectivity index (χ2n) is 5.66. The number of halogens is 1. The van der Waals surface area contributed by atoms with Gasteiger partial charge >= 0.3 is 0 Å². The lowest BCUT2D eigenvalue weighted by atomic mass is 10.1. The third-order valence-corrected chi connectivity index (χ3v) is 3.70. The van der Waals surface area contributed by atoms with Crippen molar-refractivity contribution < 1.29 is 9.72 Å². The number of hydrogen-bond donors (Lipinski definition) is 1. The molecule has 1 N–H and O–H groups in total. The van der Waals surface area contributed by atoms with Gasteiger partial charge in [0.25, 0.3) is 11.6 Å². The maximum atomic E-state index is 12.2. The minimum Gasteiger partial charge on any atom is -0.348 e. The van der Waals surface area contributed by atoms with Gasteiger partial charge in [-0.3, -0.25) is 14.9 Å². The van der Waals surface area contributed by atoms with Gasteiger partial charge in [-0.2, -0.15) is 0 Å². The molecule has 0 aliphatic carbocycles. The van der Waals surface area contributed by atoms with Crippen LogP contribution in [0.5, 0.6) is 0 Å². The van der Waals surface area contributed by atoms with Crippen LogP contribution in [0.2, 0.25) is 5.02 Å². The Labute approximate surface area is 145 Å². The fourth-order valence-corrected chi connectivity index (χ4v) is 2.47. The van der Waals surface area contributed by atoms with E-state index in [1.807, 2.05) is 38.4 Å². The normalized spacial score (nSPS) is 10.7. The van der Waals surface area contributed by atoms with Crippen molar-refractivity contribution in [1.29, 1.82) is 0 Å². The summed E-state index contributed by atoms with van der Waals surface area (Å²) in [5, 5.41) is 13.5. The summed E-state index contributed by atoms with van der Waals surface area (Å²) in [7, 11) is 4.00. The van der Waals surface area contributed by atoms with Gasteiger partial charge in [-0.25, -0.2) is 0 Å². The maximum absolute atomic E-state index is 12.2. The summed E-state index contributed by atoms with van der Waals surface area (Å²) in [5.74, 6) is -0.368. The van der Waals surface area contributed by atoms with Crippen LogP contribution in [-0.2, 0) is 13.1 Å². The van der Waals surface area contributed by atoms with Crippen molar-refractivity contribution in [3.63, 3.8) is 0 Å². The fourth-order valence-electron chi connectivity index (χ4n) is 2.21. The number of rotatable bonds is 6. The van der Waals surface area contributed by atoms with E-state index in [2.05, 4.69) is 10.2 Å². The van der Waals surface area contributed by atoms with E-state index in [-0.39, 0.29) is 22.2 Å². The Bertz CT molecular complexity index is 745. The lowest BCUT2D eigenvalue weighted by Gasteiger charge is -2.11. The highest BCUT2D eigenvalue weighted by molar-refractivity contribution is 6.34. The molecule has 0 saturated heterocycles. The average Bonchev–Trinajstić information content (AvgIpc) is 2.53. The van der Waals surface area contributed by atoms with E-state index >= 15 is 0 Å². The molecule has 0 aliphatic rings. The molecule has 0 radical (unpaired) electrons. The first-order valence-electron chi connectivity index (χ1n) is 7.31. The third kappa shape index (κ3) is 4.78. The molecule has 2 aromatic carbocycles. The zero-order chi connectivity index (χ0) is 17.7. The van der Waals surface area contributed by atoms with Crippen LogP contribution >= 0.6 is 11.6 Å². The number of nitrogens with one attached hydrogen (secondary N) is 1. The van der Waals surface area contributed by atoms with Crippen molar-refractivity contribution in [2.45, 2.75) is 13.1 Å². The number of carbonyl (C=O) groups is 1. The zero-order valence-corrected chi connectivity index (χ0v) is 14.2. The van der Waals surface area contributed by atoms with Gasteiger partial charge in [0.2, 0.25) is 0 Å². The van der Waals surface area contributed by atoms with Crippen LogP contribution in [0.4, 0.5) is 5.69 Å². The quantitative estimate of drug-likeness (QED) is 0.643. The van der Waals surface area contributed by atoms with Crippen LogP contribution in [0.3, 0.4) is 0 Å². The van der Waals surface area contributed by atoms with E-state index in [0.717, 1.165) is 12.1 Å². The molecule has 0 aromatic heterocycles. The van der Waals surface area contributed by atoms with E-state index in [4.69, 9.17) is 11.6 Å². The standard InChI is InChI=1S/C17H18ClN3O3/c1-20(2)11-13-5-3-12(4-6-13)10-19-17(22)15-8-7-14(21(23)24)9-16(15)18/h3-9H,10-11H2,1-2H3,(H,19,22). The van der Waals surface area contributed by atoms with Crippen LogP contribution in [0.25, 0.3) is 0 Å². The predicted molar refractivity (Wildman–Crippen MR) is 93.1 cm³/mol. The van der Waals surface area contributed by atoms with Crippen LogP contribution in [0, 0.1) is 10.1 Å². The smallest absolute Gasteiger partial charge is 0.270 e. The number of nitrogens with zero attached hydrogens (tertiary/aromatic N) is 2. The zero-order valence-electron chi connectivity index (χ0n) is 13.5. The van der Waals surface area contributed by atoms with Crippen molar-refractivity contribution in [2.24, 2.45) is 0 Å². The number of nitro groups is 1. The molecule has 0 saturated carbocycles. The summed E-state index contributed by atoms with van der Waals surface area (Å²) in [6.07, 6.45) is 0. The number of nitro benzene ring substituents is 1. The van der Waals surface area contributed by atoms with E-state index in [9.17, 15) is 14.9 Å². The predicted octanol–water partition coefficient (Wildman–Crippen LogP) is 3.24. The first-order chi connectivity index (χ1) is 11.4. The Morgan fingerprint density at radius 2 is 1.79 bits per heavy atom. The highest BCUT2D eigenvalue weighted by Crippen LogP contribution is 2.22. The van der Waals surface area contributed by atoms with Crippen LogP contribution in [-0.4, -0.2) is 29.8 Å². The molecule has 1 amide bonds. The van der Waals surface area contributed by atoms with Gasteiger partial charge in [-0.05, 0) is 31.3 Å². The van der Waals surface area contributed by atoms with E-state index < -0.39 is 4.92 Å². The topological polar surface area (TPSA) is 75.5 Å². The summed E-state index contributed by atoms with van der Waals surface area (Å²) in [4.78, 5) is 24.4. The molecule has 0 bridgehead atoms. The van der Waals surface area contributed by atoms with Gasteiger partial charge < -0.3 is 10.2 Å². The summed E-state index contributed by atoms with van der Waals surface area (Å²) in [6, 6.07) is 11.7. The van der Waals surface area contributed by atoms with E-state index in [1.54, 1.807) is 0 Å². The highest BCUT2D eigenvalue weighted by atomic mass is 35.5. The molecule has 0 fully saturated rings. The lowest BCUT2D eigenvalue weighted by molar-refractivity contribution is -0.384. The molecule has 24 heavy (non-hydrogen) atoms. The molecule has 2 rings (SSSR count). The summed E-state index contributed by atoms with van der Waals surface area (Å²) in [6.45, 7) is 1.21. The molecule has 0 aliphatic heterocycles. The molecule has 126 valence electrons. The van der Waals surface area contributed by atoms with Crippen molar-refractivity contribution in [3.05, 3.63) is 74.3 Å². The van der Waals surface area contributed by atoms with Gasteiger partial charge in [0, 0.05) is 25.2 Å². The molecule has 0 heterocycles. The number of amides is 1. The van der Waals surface area contributed by atoms with Crippen molar-refractivity contribution in [2.75, 3.05) is 14.1 Å². The van der Waals surface area contributed by atoms with Gasteiger partial charge in [-0.15, -0.1) is 0 Å². The van der Waals surface area contributed by atoms with Gasteiger partial charge in [0.15, 0.2) is 0 Å². The number of non-ortho nitro benzene ring substituents is 1. The van der Waals surface area contributed by atoms with E-state index in [0.29, 0.717) is 6.54 Å². The molecule has 6 nitrogen and oxygen atoms in total. The van der Waals surface area contributed by atoms with Crippen LogP contribution in [0.15, 0.2) is 42.5 Å². The second kappa shape index (κ2) is 7.90. The SMILES string of the molecule is CN(C)Cc1ccc(CNC(=O)c2ccc([N+](=O)[O-])cc2Cl)cc1. The van der Waals surface area contributed by atoms with Gasteiger partial charge in [0.05, 0.1) is 15.5 Å². The molecule has 2 aromatic rings. The Kier molecular flexibility index (Phi) is 5.89. The number of benzene rings is 2. The minimum atomic E-state index is -0.553. The summed E-state index contributed by atoms with van der Waals surface area (Å²) in [5.41, 5.74) is 2.22. The van der Waals surface area contributed by atoms with Crippen molar-refractivity contribution in [1.82, 2.24) is 10.2 Å². The average molecular weight is 348 g/mol. The van der Waals surface area contributed by atoms with Gasteiger partial charge in [0.1, 0.15) is 0 Å². The molecule has 0 unspecified atom stereocenters. The maximum Gasteiger partial charge on any atom is 0.270 e. The third-order valence-electron chi connectivity index (χ3n) is 3.38. The minimum absolute atomic E-state index is 0.0584. The summed E-state index contributed by atoms with van der Waals surface area (Å²) < 4.78 is 0. The molecule has 0 atom stereocenters. The van der Waals surface area contributed by atoms with Gasteiger partial charge in [-0.1, -0.05) is 35.9 Å². The lowest BCUT2D eigenvalue weighted by Crippen LogP contribution is -2.23. The van der Waals surface area contributed by atoms with Crippen molar-refractivity contribution >= 4 is 23.2 Å².